The quantitative estimate of drug-likeness (QED) is 0.628. The molecule has 0 aromatic heterocycles. The van der Waals surface area contributed by atoms with E-state index < -0.39 is 5.92 Å². The number of anilines is 1. The standard InChI is InChI=1S/C20H26F2N4.C2H4/c1-15-5-7-19(8-6-15)26-17(3)25-16(2)13-18(14-24-26)9-10-20(21,22)11-12-23-4;1-2/h5-8,13-14,23H,2,9-12H2,1,3-4H3;1-2H2/b18-13-,24-14-,25-17?;. The van der Waals surface area contributed by atoms with E-state index in [1.54, 1.807) is 24.3 Å². The lowest BCUT2D eigenvalue weighted by Gasteiger charge is -2.21. The van der Waals surface area contributed by atoms with Crippen molar-refractivity contribution in [1.29, 1.82) is 0 Å². The topological polar surface area (TPSA) is 40.0 Å². The van der Waals surface area contributed by atoms with Crippen LogP contribution in [0, 0.1) is 6.92 Å². The summed E-state index contributed by atoms with van der Waals surface area (Å²) in [4.78, 5) is 4.42. The molecule has 0 atom stereocenters. The summed E-state index contributed by atoms with van der Waals surface area (Å²) in [5.41, 5.74) is 3.22. The zero-order chi connectivity index (χ0) is 21.2. The molecule has 152 valence electrons. The molecule has 0 amide bonds. The van der Waals surface area contributed by atoms with Crippen molar-refractivity contribution in [3.8, 4) is 0 Å². The molecule has 1 aliphatic heterocycles. The highest BCUT2D eigenvalue weighted by Gasteiger charge is 2.27. The van der Waals surface area contributed by atoms with Gasteiger partial charge in [-0.3, -0.25) is 0 Å². The summed E-state index contributed by atoms with van der Waals surface area (Å²) in [5, 5.41) is 8.91. The third-order valence-electron chi connectivity index (χ3n) is 4.10. The zero-order valence-corrected chi connectivity index (χ0v) is 17.0. The van der Waals surface area contributed by atoms with Crippen molar-refractivity contribution in [2.45, 2.75) is 39.0 Å². The average Bonchev–Trinajstić information content (AvgIpc) is 2.66. The highest BCUT2D eigenvalue weighted by Crippen LogP contribution is 2.27. The second-order valence-corrected chi connectivity index (χ2v) is 6.47. The minimum atomic E-state index is -2.71. The predicted octanol–water partition coefficient (Wildman–Crippen LogP) is 5.49. The van der Waals surface area contributed by atoms with E-state index in [9.17, 15) is 8.78 Å². The van der Waals surface area contributed by atoms with E-state index >= 15 is 0 Å². The van der Waals surface area contributed by atoms with Gasteiger partial charge in [-0.2, -0.15) is 5.10 Å². The third kappa shape index (κ3) is 7.56. The summed E-state index contributed by atoms with van der Waals surface area (Å²) >= 11 is 0. The number of hydrogen-bond donors (Lipinski definition) is 1. The lowest BCUT2D eigenvalue weighted by molar-refractivity contribution is -0.0144. The fourth-order valence-electron chi connectivity index (χ4n) is 2.59. The van der Waals surface area contributed by atoms with Gasteiger partial charge in [-0.25, -0.2) is 18.8 Å². The lowest BCUT2D eigenvalue weighted by Crippen LogP contribution is -2.25. The molecule has 0 saturated carbocycles. The number of nitrogens with one attached hydrogen (secondary N) is 1. The summed E-state index contributed by atoms with van der Waals surface area (Å²) in [7, 11) is 1.67. The average molecular weight is 389 g/mol. The van der Waals surface area contributed by atoms with Crippen LogP contribution in [0.2, 0.25) is 0 Å². The summed E-state index contributed by atoms with van der Waals surface area (Å²) in [5.74, 6) is -2.04. The van der Waals surface area contributed by atoms with Crippen LogP contribution < -0.4 is 10.3 Å². The second kappa shape index (κ2) is 11.3. The number of halogens is 2. The molecule has 1 heterocycles. The molecule has 0 radical (unpaired) electrons. The van der Waals surface area contributed by atoms with E-state index in [0.29, 0.717) is 17.1 Å². The summed E-state index contributed by atoms with van der Waals surface area (Å²) in [6, 6.07) is 7.88. The monoisotopic (exact) mass is 388 g/mol. The molecule has 0 saturated heterocycles. The largest absolute Gasteiger partial charge is 0.320 e. The Labute approximate surface area is 167 Å². The number of aryl methyl sites for hydroxylation is 1. The van der Waals surface area contributed by atoms with Gasteiger partial charge in [-0.05, 0) is 51.1 Å². The van der Waals surface area contributed by atoms with Crippen molar-refractivity contribution in [3.63, 3.8) is 0 Å². The van der Waals surface area contributed by atoms with Gasteiger partial charge in [-0.1, -0.05) is 24.3 Å². The number of alkyl halides is 2. The van der Waals surface area contributed by atoms with E-state index in [0.717, 1.165) is 11.3 Å². The minimum absolute atomic E-state index is 0.179. The molecule has 0 fully saturated rings. The van der Waals surface area contributed by atoms with Crippen LogP contribution >= 0.6 is 0 Å². The maximum absolute atomic E-state index is 13.9. The predicted molar refractivity (Wildman–Crippen MR) is 116 cm³/mol. The van der Waals surface area contributed by atoms with Crippen molar-refractivity contribution in [2.24, 2.45) is 10.1 Å². The van der Waals surface area contributed by atoms with Crippen LogP contribution in [0.25, 0.3) is 0 Å². The second-order valence-electron chi connectivity index (χ2n) is 6.47. The summed E-state index contributed by atoms with van der Waals surface area (Å²) in [6.45, 7) is 14.0. The smallest absolute Gasteiger partial charge is 0.249 e. The normalized spacial score (nSPS) is 17.5. The van der Waals surface area contributed by atoms with Gasteiger partial charge in [0, 0.05) is 19.4 Å². The molecular weight excluding hydrogens is 358 g/mol. The van der Waals surface area contributed by atoms with Gasteiger partial charge in [0.2, 0.25) is 5.92 Å². The Bertz CT molecular complexity index is 733. The highest BCUT2D eigenvalue weighted by molar-refractivity contribution is 5.98. The van der Waals surface area contributed by atoms with Crippen LogP contribution in [0.1, 0.15) is 31.7 Å². The number of hydrogen-bond acceptors (Lipinski definition) is 4. The molecule has 0 unspecified atom stereocenters. The van der Waals surface area contributed by atoms with Gasteiger partial charge < -0.3 is 5.32 Å². The molecule has 0 aliphatic carbocycles. The molecule has 6 heteroatoms. The minimum Gasteiger partial charge on any atom is -0.320 e. The summed E-state index contributed by atoms with van der Waals surface area (Å²) in [6.07, 6.45) is 3.15. The third-order valence-corrected chi connectivity index (χ3v) is 4.10. The van der Waals surface area contributed by atoms with Crippen molar-refractivity contribution in [1.82, 2.24) is 5.32 Å². The molecule has 1 aliphatic rings. The first-order valence-corrected chi connectivity index (χ1v) is 9.19. The van der Waals surface area contributed by atoms with E-state index in [4.69, 9.17) is 0 Å². The van der Waals surface area contributed by atoms with E-state index in [2.05, 4.69) is 35.1 Å². The Morgan fingerprint density at radius 3 is 2.36 bits per heavy atom. The maximum atomic E-state index is 13.9. The number of nitrogens with zero attached hydrogens (tertiary/aromatic N) is 3. The van der Waals surface area contributed by atoms with Gasteiger partial charge in [-0.15, -0.1) is 13.2 Å². The highest BCUT2D eigenvalue weighted by atomic mass is 19.3. The number of rotatable bonds is 7. The maximum Gasteiger partial charge on any atom is 0.249 e. The van der Waals surface area contributed by atoms with Crippen LogP contribution in [0.3, 0.4) is 0 Å². The number of allylic oxidation sites excluding steroid dienone is 2. The first kappa shape index (κ1) is 23.4. The molecule has 28 heavy (non-hydrogen) atoms. The van der Waals surface area contributed by atoms with Crippen molar-refractivity contribution in [2.75, 3.05) is 18.6 Å². The van der Waals surface area contributed by atoms with Crippen LogP contribution in [-0.2, 0) is 0 Å². The molecule has 4 nitrogen and oxygen atoms in total. The fraction of sp³-hybridized carbons (Fsp3) is 0.364. The molecule has 1 N–H and O–H groups in total. The van der Waals surface area contributed by atoms with Gasteiger partial charge >= 0.3 is 0 Å². The number of amidine groups is 1. The molecule has 1 aromatic carbocycles. The summed E-state index contributed by atoms with van der Waals surface area (Å²) < 4.78 is 27.8. The van der Waals surface area contributed by atoms with Crippen molar-refractivity contribution in [3.05, 3.63) is 66.9 Å². The Kier molecular flexibility index (Phi) is 9.45. The van der Waals surface area contributed by atoms with Crippen molar-refractivity contribution >= 4 is 17.7 Å². The fourth-order valence-corrected chi connectivity index (χ4v) is 2.59. The van der Waals surface area contributed by atoms with Gasteiger partial charge in [0.05, 0.1) is 17.6 Å². The van der Waals surface area contributed by atoms with E-state index in [-0.39, 0.29) is 25.8 Å². The molecular formula is C22H30F2N4. The molecule has 0 bridgehead atoms. The first-order valence-electron chi connectivity index (χ1n) is 9.19. The lowest BCUT2D eigenvalue weighted by atomic mass is 10.0. The van der Waals surface area contributed by atoms with Crippen LogP contribution in [0.4, 0.5) is 14.5 Å². The number of benzene rings is 1. The van der Waals surface area contributed by atoms with E-state index in [1.807, 2.05) is 38.1 Å². The van der Waals surface area contributed by atoms with Crippen LogP contribution in [0.15, 0.2) is 71.4 Å². The van der Waals surface area contributed by atoms with Crippen molar-refractivity contribution < 1.29 is 8.78 Å². The molecule has 1 aromatic rings. The van der Waals surface area contributed by atoms with Gasteiger partial charge in [0.25, 0.3) is 0 Å². The van der Waals surface area contributed by atoms with Crippen LogP contribution in [-0.4, -0.2) is 31.6 Å². The Morgan fingerprint density at radius 2 is 1.75 bits per heavy atom. The van der Waals surface area contributed by atoms with E-state index in [1.165, 1.54) is 0 Å². The Hall–Kier alpha value is -2.60. The Balaban J connectivity index is 0.00000190. The zero-order valence-electron chi connectivity index (χ0n) is 17.0. The molecule has 2 rings (SSSR count). The Morgan fingerprint density at radius 1 is 1.11 bits per heavy atom. The van der Waals surface area contributed by atoms with Gasteiger partial charge in [0.15, 0.2) is 0 Å². The SMILES string of the molecule is C=C.C=C1/C=C(CCC(F)(F)CCNC)\C=N/N(c2ccc(C)cc2)C(C)=N1. The number of hydrazone groups is 1. The first-order chi connectivity index (χ1) is 13.3. The van der Waals surface area contributed by atoms with Gasteiger partial charge in [0.1, 0.15) is 5.84 Å². The number of aliphatic imine (C=N–C) groups is 1. The van der Waals surface area contributed by atoms with Crippen LogP contribution in [0.5, 0.6) is 0 Å². The molecule has 0 spiro atoms.